The van der Waals surface area contributed by atoms with Crippen molar-refractivity contribution in [3.05, 3.63) is 76.5 Å². The molecule has 2 aromatic carbocycles. The zero-order valence-electron chi connectivity index (χ0n) is 14.5. The molecule has 3 rings (SSSR count). The number of aromatic nitrogens is 1. The fraction of sp³-hybridized carbons (Fsp3) is 0.143. The van der Waals surface area contributed by atoms with E-state index in [1.165, 1.54) is 29.0 Å². The number of nitrogens with one attached hydrogen (secondary N) is 1. The topological polar surface area (TPSA) is 48.7 Å². The lowest BCUT2D eigenvalue weighted by atomic mass is 10.0. The average molecular weight is 363 g/mol. The van der Waals surface area contributed by atoms with Crippen LogP contribution in [-0.2, 0) is 0 Å². The Bertz CT molecular complexity index is 948. The van der Waals surface area contributed by atoms with Gasteiger partial charge in [0.15, 0.2) is 0 Å². The van der Waals surface area contributed by atoms with Crippen LogP contribution in [0.5, 0.6) is 0 Å². The van der Waals surface area contributed by atoms with E-state index < -0.39 is 0 Å². The lowest BCUT2D eigenvalue weighted by Gasteiger charge is -2.06. The quantitative estimate of drug-likeness (QED) is 0.561. The zero-order chi connectivity index (χ0) is 18.5. The second kappa shape index (κ2) is 7.94. The van der Waals surface area contributed by atoms with Crippen molar-refractivity contribution in [1.82, 2.24) is 4.98 Å². The molecule has 0 saturated heterocycles. The van der Waals surface area contributed by atoms with Gasteiger partial charge in [-0.15, -0.1) is 11.3 Å². The van der Waals surface area contributed by atoms with Gasteiger partial charge in [0.1, 0.15) is 22.5 Å². The summed E-state index contributed by atoms with van der Waals surface area (Å²) in [6.07, 6.45) is 1.66. The molecule has 0 amide bonds. The molecule has 0 fully saturated rings. The summed E-state index contributed by atoms with van der Waals surface area (Å²) < 4.78 is 13.0. The number of rotatable bonds is 5. The summed E-state index contributed by atoms with van der Waals surface area (Å²) in [7, 11) is 0. The molecular formula is C21H18FN3S. The third-order valence-electron chi connectivity index (χ3n) is 3.96. The third kappa shape index (κ3) is 4.16. The van der Waals surface area contributed by atoms with Crippen LogP contribution < -0.4 is 5.32 Å². The van der Waals surface area contributed by atoms with Gasteiger partial charge in [0.25, 0.3) is 0 Å². The van der Waals surface area contributed by atoms with Crippen molar-refractivity contribution in [3.63, 3.8) is 0 Å². The lowest BCUT2D eigenvalue weighted by molar-refractivity contribution is 0.628. The number of hydrogen-bond acceptors (Lipinski definition) is 4. The first-order valence-electron chi connectivity index (χ1n) is 8.25. The van der Waals surface area contributed by atoms with Crippen molar-refractivity contribution in [1.29, 1.82) is 5.26 Å². The predicted molar refractivity (Wildman–Crippen MR) is 105 cm³/mol. The van der Waals surface area contributed by atoms with Crippen LogP contribution in [0.25, 0.3) is 16.8 Å². The van der Waals surface area contributed by atoms with Crippen LogP contribution in [0, 0.1) is 17.1 Å². The van der Waals surface area contributed by atoms with E-state index in [9.17, 15) is 9.65 Å². The van der Waals surface area contributed by atoms with E-state index in [2.05, 4.69) is 42.4 Å². The summed E-state index contributed by atoms with van der Waals surface area (Å²) in [5.74, 6) is 0.198. The molecule has 0 aliphatic heterocycles. The Morgan fingerprint density at radius 1 is 1.15 bits per heavy atom. The van der Waals surface area contributed by atoms with Gasteiger partial charge in [-0.25, -0.2) is 9.37 Å². The molecule has 0 radical (unpaired) electrons. The van der Waals surface area contributed by atoms with E-state index in [1.807, 2.05) is 17.5 Å². The number of halogens is 1. The highest BCUT2D eigenvalue weighted by Gasteiger charge is 2.09. The Kier molecular flexibility index (Phi) is 5.45. The molecule has 1 N–H and O–H groups in total. The fourth-order valence-electron chi connectivity index (χ4n) is 2.41. The molecule has 0 aliphatic rings. The largest absolute Gasteiger partial charge is 0.360 e. The molecule has 3 nitrogen and oxygen atoms in total. The molecule has 0 spiro atoms. The molecule has 5 heteroatoms. The van der Waals surface area contributed by atoms with E-state index >= 15 is 0 Å². The Morgan fingerprint density at radius 2 is 1.85 bits per heavy atom. The van der Waals surface area contributed by atoms with E-state index in [0.717, 1.165) is 16.9 Å². The highest BCUT2D eigenvalue weighted by Crippen LogP contribution is 2.26. The van der Waals surface area contributed by atoms with Crippen LogP contribution in [0.15, 0.2) is 60.1 Å². The summed E-state index contributed by atoms with van der Waals surface area (Å²) in [4.78, 5) is 4.50. The minimum atomic E-state index is -0.283. The maximum atomic E-state index is 13.0. The molecular weight excluding hydrogens is 345 g/mol. The second-order valence-corrected chi connectivity index (χ2v) is 6.99. The summed E-state index contributed by atoms with van der Waals surface area (Å²) in [6.45, 7) is 4.30. The van der Waals surface area contributed by atoms with Crippen molar-refractivity contribution in [2.24, 2.45) is 0 Å². The van der Waals surface area contributed by atoms with E-state index in [0.29, 0.717) is 16.5 Å². The van der Waals surface area contributed by atoms with Crippen molar-refractivity contribution >= 4 is 22.6 Å². The summed E-state index contributed by atoms with van der Waals surface area (Å²) in [5, 5.41) is 15.1. The monoisotopic (exact) mass is 363 g/mol. The Morgan fingerprint density at radius 3 is 2.46 bits per heavy atom. The van der Waals surface area contributed by atoms with E-state index in [4.69, 9.17) is 0 Å². The normalized spacial score (nSPS) is 11.4. The van der Waals surface area contributed by atoms with Crippen molar-refractivity contribution in [2.45, 2.75) is 19.8 Å². The number of benzene rings is 2. The minimum absolute atomic E-state index is 0.283. The Hall–Kier alpha value is -2.97. The number of anilines is 1. The number of nitrogens with zero attached hydrogens (tertiary/aromatic N) is 2. The van der Waals surface area contributed by atoms with E-state index in [-0.39, 0.29) is 5.82 Å². The molecule has 26 heavy (non-hydrogen) atoms. The number of nitriles is 1. The molecule has 1 heterocycles. The van der Waals surface area contributed by atoms with Crippen LogP contribution in [-0.4, -0.2) is 4.98 Å². The predicted octanol–water partition coefficient (Wildman–Crippen LogP) is 6.05. The average Bonchev–Trinajstić information content (AvgIpc) is 3.13. The maximum absolute atomic E-state index is 13.0. The van der Waals surface area contributed by atoms with Gasteiger partial charge in [-0.1, -0.05) is 26.0 Å². The smallest absolute Gasteiger partial charge is 0.136 e. The van der Waals surface area contributed by atoms with Gasteiger partial charge in [-0.2, -0.15) is 5.26 Å². The minimum Gasteiger partial charge on any atom is -0.360 e. The maximum Gasteiger partial charge on any atom is 0.136 e. The van der Waals surface area contributed by atoms with Gasteiger partial charge in [0.2, 0.25) is 0 Å². The second-order valence-electron chi connectivity index (χ2n) is 6.14. The molecule has 0 aliphatic carbocycles. The van der Waals surface area contributed by atoms with Crippen LogP contribution in [0.1, 0.15) is 30.3 Å². The Labute approximate surface area is 156 Å². The van der Waals surface area contributed by atoms with Crippen LogP contribution in [0.2, 0.25) is 0 Å². The summed E-state index contributed by atoms with van der Waals surface area (Å²) >= 11 is 1.39. The van der Waals surface area contributed by atoms with Crippen molar-refractivity contribution < 1.29 is 4.39 Å². The Balaban J connectivity index is 1.77. The van der Waals surface area contributed by atoms with Gasteiger partial charge < -0.3 is 5.32 Å². The van der Waals surface area contributed by atoms with Gasteiger partial charge in [-0.3, -0.25) is 0 Å². The van der Waals surface area contributed by atoms with Crippen LogP contribution in [0.3, 0.4) is 0 Å². The highest BCUT2D eigenvalue weighted by molar-refractivity contribution is 7.11. The highest BCUT2D eigenvalue weighted by atomic mass is 32.1. The van der Waals surface area contributed by atoms with E-state index in [1.54, 1.807) is 18.3 Å². The van der Waals surface area contributed by atoms with Gasteiger partial charge in [0.05, 0.1) is 5.69 Å². The van der Waals surface area contributed by atoms with Gasteiger partial charge in [-0.05, 0) is 47.9 Å². The van der Waals surface area contributed by atoms with Crippen LogP contribution in [0.4, 0.5) is 10.1 Å². The SMILES string of the molecule is CC(C)c1ccc(N/C=C(\C#N)c2nc(-c3ccc(F)cc3)cs2)cc1. The molecule has 3 aromatic rings. The first-order valence-corrected chi connectivity index (χ1v) is 9.13. The molecule has 0 atom stereocenters. The summed E-state index contributed by atoms with van der Waals surface area (Å²) in [6, 6.07) is 16.5. The first kappa shape index (κ1) is 17.8. The fourth-order valence-corrected chi connectivity index (χ4v) is 3.21. The summed E-state index contributed by atoms with van der Waals surface area (Å²) in [5.41, 5.74) is 4.19. The standard InChI is InChI=1S/C21H18FN3S/c1-14(2)15-5-9-19(10-6-15)24-12-17(11-23)21-25-20(13-26-21)16-3-7-18(22)8-4-16/h3-10,12-14,24H,1-2H3/b17-12+. The lowest BCUT2D eigenvalue weighted by Crippen LogP contribution is -1.92. The zero-order valence-corrected chi connectivity index (χ0v) is 15.3. The van der Waals surface area contributed by atoms with Crippen molar-refractivity contribution in [2.75, 3.05) is 5.32 Å². The molecule has 0 unspecified atom stereocenters. The molecule has 1 aromatic heterocycles. The first-order chi connectivity index (χ1) is 12.6. The number of allylic oxidation sites excluding steroid dienone is 1. The molecule has 130 valence electrons. The van der Waals surface area contributed by atoms with Gasteiger partial charge in [0, 0.05) is 22.8 Å². The van der Waals surface area contributed by atoms with Crippen molar-refractivity contribution in [3.8, 4) is 17.3 Å². The number of thiazole rings is 1. The number of hydrogen-bond donors (Lipinski definition) is 1. The van der Waals surface area contributed by atoms with Gasteiger partial charge >= 0.3 is 0 Å². The molecule has 0 bridgehead atoms. The third-order valence-corrected chi connectivity index (χ3v) is 4.83. The van der Waals surface area contributed by atoms with Crippen LogP contribution >= 0.6 is 11.3 Å². The molecule has 0 saturated carbocycles.